The van der Waals surface area contributed by atoms with Gasteiger partial charge in [-0.05, 0) is 60.8 Å². The number of aliphatic hydroxyl groups is 2. The van der Waals surface area contributed by atoms with E-state index in [0.29, 0.717) is 0 Å². The summed E-state index contributed by atoms with van der Waals surface area (Å²) in [6.07, 6.45) is 11.7. The van der Waals surface area contributed by atoms with Crippen LogP contribution in [0, 0.1) is 33.5 Å². The summed E-state index contributed by atoms with van der Waals surface area (Å²) < 4.78 is 0. The molecule has 2 bridgehead atoms. The van der Waals surface area contributed by atoms with E-state index in [9.17, 15) is 15.0 Å². The minimum Gasteiger partial charge on any atom is -0.505 e. The maximum Gasteiger partial charge on any atom is 0.203 e. The zero-order valence-electron chi connectivity index (χ0n) is 14.4. The summed E-state index contributed by atoms with van der Waals surface area (Å²) in [5.41, 5.74) is -0.667. The first kappa shape index (κ1) is 15.4. The first-order valence-electron chi connectivity index (χ1n) is 8.97. The number of hydrogen-bond donors (Lipinski definition) is 2. The lowest BCUT2D eigenvalue weighted by molar-refractivity contribution is -0.162. The van der Waals surface area contributed by atoms with E-state index in [-0.39, 0.29) is 40.8 Å². The average Bonchev–Trinajstić information content (AvgIpc) is 2.75. The number of Topliss-reactive ketones (excluding diaryl/α,β-unsaturated/α-hetero) is 1. The largest absolute Gasteiger partial charge is 0.505 e. The normalized spacial score (nSPS) is 54.4. The summed E-state index contributed by atoms with van der Waals surface area (Å²) in [6.45, 7) is 6.38. The highest BCUT2D eigenvalue weighted by atomic mass is 16.3. The Kier molecular flexibility index (Phi) is 2.89. The van der Waals surface area contributed by atoms with E-state index in [4.69, 9.17) is 0 Å². The monoisotopic (exact) mass is 316 g/mol. The molecule has 1 spiro atoms. The summed E-state index contributed by atoms with van der Waals surface area (Å²) >= 11 is 0. The van der Waals surface area contributed by atoms with Crippen LogP contribution >= 0.6 is 0 Å². The van der Waals surface area contributed by atoms with Crippen LogP contribution in [0.3, 0.4) is 0 Å². The van der Waals surface area contributed by atoms with Gasteiger partial charge >= 0.3 is 0 Å². The van der Waals surface area contributed by atoms with Crippen LogP contribution in [-0.2, 0) is 4.79 Å². The van der Waals surface area contributed by atoms with E-state index in [0.717, 1.165) is 32.1 Å². The molecule has 2 saturated carbocycles. The smallest absolute Gasteiger partial charge is 0.203 e. The van der Waals surface area contributed by atoms with Crippen molar-refractivity contribution in [2.24, 2.45) is 33.5 Å². The molecule has 0 heterocycles. The molecule has 3 heteroatoms. The highest BCUT2D eigenvalue weighted by Crippen LogP contribution is 2.70. The molecule has 2 fully saturated rings. The fourth-order valence-corrected chi connectivity index (χ4v) is 6.85. The highest BCUT2D eigenvalue weighted by molar-refractivity contribution is 5.99. The summed E-state index contributed by atoms with van der Waals surface area (Å²) in [5, 5.41) is 20.3. The molecule has 4 aliphatic carbocycles. The molecule has 4 rings (SSSR count). The lowest BCUT2D eigenvalue weighted by atomic mass is 9.41. The Morgan fingerprint density at radius 2 is 1.83 bits per heavy atom. The number of hydrogen-bond acceptors (Lipinski definition) is 3. The molecule has 6 unspecified atom stereocenters. The van der Waals surface area contributed by atoms with Gasteiger partial charge in [0.1, 0.15) is 0 Å². The van der Waals surface area contributed by atoms with Gasteiger partial charge in [0.2, 0.25) is 5.78 Å². The van der Waals surface area contributed by atoms with Crippen molar-refractivity contribution in [3.05, 3.63) is 24.0 Å². The Hall–Kier alpha value is -1.09. The van der Waals surface area contributed by atoms with Gasteiger partial charge in [0.25, 0.3) is 0 Å². The highest BCUT2D eigenvalue weighted by Gasteiger charge is 2.66. The third kappa shape index (κ3) is 1.72. The molecule has 0 aliphatic heterocycles. The molecule has 23 heavy (non-hydrogen) atoms. The van der Waals surface area contributed by atoms with Crippen molar-refractivity contribution < 1.29 is 15.0 Å². The van der Waals surface area contributed by atoms with Crippen LogP contribution in [0.1, 0.15) is 52.9 Å². The van der Waals surface area contributed by atoms with Crippen LogP contribution in [0.4, 0.5) is 0 Å². The molecule has 2 N–H and O–H groups in total. The van der Waals surface area contributed by atoms with Crippen LogP contribution in [0.5, 0.6) is 0 Å². The molecule has 0 saturated heterocycles. The number of ketones is 1. The van der Waals surface area contributed by atoms with Gasteiger partial charge in [-0.15, -0.1) is 0 Å². The second-order valence-electron chi connectivity index (χ2n) is 9.39. The number of rotatable bonds is 1. The predicted molar refractivity (Wildman–Crippen MR) is 88.8 cm³/mol. The predicted octanol–water partition coefficient (Wildman–Crippen LogP) is 3.79. The fraction of sp³-hybridized carbons (Fsp3) is 0.750. The average molecular weight is 316 g/mol. The minimum absolute atomic E-state index is 0.0160. The number of allylic oxidation sites excluding steroid dienone is 3. The Labute approximate surface area is 138 Å². The second kappa shape index (κ2) is 4.30. The van der Waals surface area contributed by atoms with Crippen molar-refractivity contribution in [2.75, 3.05) is 6.61 Å². The molecule has 0 aromatic rings. The topological polar surface area (TPSA) is 57.5 Å². The molecule has 0 radical (unpaired) electrons. The van der Waals surface area contributed by atoms with E-state index in [1.165, 1.54) is 0 Å². The minimum atomic E-state index is -0.565. The fourth-order valence-electron chi connectivity index (χ4n) is 6.85. The van der Waals surface area contributed by atoms with Crippen LogP contribution < -0.4 is 0 Å². The standard InChI is InChI=1S/C20H28O3/c1-17-6-4-15-19(3)14(5-7-20(15,11-17)9-8-17)18(2,12-21)10-13(22)16(19)23/h8-10,14-15,21-22H,4-7,11-12H2,1-3H3. The molecule has 4 aliphatic rings. The number of aliphatic hydroxyl groups excluding tert-OH is 2. The molecule has 126 valence electrons. The maximum atomic E-state index is 13.1. The van der Waals surface area contributed by atoms with Gasteiger partial charge < -0.3 is 10.2 Å². The van der Waals surface area contributed by atoms with Gasteiger partial charge in [-0.3, -0.25) is 4.79 Å². The zero-order chi connectivity index (χ0) is 16.7. The lowest BCUT2D eigenvalue weighted by Gasteiger charge is -2.62. The third-order valence-electron chi connectivity index (χ3n) is 7.92. The van der Waals surface area contributed by atoms with Crippen LogP contribution in [0.15, 0.2) is 24.0 Å². The summed E-state index contributed by atoms with van der Waals surface area (Å²) in [6, 6.07) is 0. The molecular formula is C20H28O3. The van der Waals surface area contributed by atoms with Crippen LogP contribution in [0.25, 0.3) is 0 Å². The molecular weight excluding hydrogens is 288 g/mol. The van der Waals surface area contributed by atoms with Crippen molar-refractivity contribution >= 4 is 5.78 Å². The SMILES string of the molecule is CC12C=CC3(CCC4C(C)(CO)C=C(O)C(=O)C4(C)C3CC1)C2. The van der Waals surface area contributed by atoms with Crippen molar-refractivity contribution in [3.63, 3.8) is 0 Å². The second-order valence-corrected chi connectivity index (χ2v) is 9.39. The Morgan fingerprint density at radius 3 is 2.52 bits per heavy atom. The van der Waals surface area contributed by atoms with Gasteiger partial charge in [0.05, 0.1) is 6.61 Å². The Bertz CT molecular complexity index is 635. The first-order chi connectivity index (χ1) is 10.7. The van der Waals surface area contributed by atoms with Gasteiger partial charge in [-0.25, -0.2) is 0 Å². The quantitative estimate of drug-likeness (QED) is 0.724. The third-order valence-corrected chi connectivity index (χ3v) is 7.92. The zero-order valence-corrected chi connectivity index (χ0v) is 14.4. The van der Waals surface area contributed by atoms with E-state index in [1.807, 2.05) is 6.92 Å². The summed E-state index contributed by atoms with van der Waals surface area (Å²) in [4.78, 5) is 13.1. The number of carbonyl (C=O) groups is 1. The summed E-state index contributed by atoms with van der Waals surface area (Å²) in [5.74, 6) is 0.154. The Balaban J connectivity index is 1.85. The molecule has 6 atom stereocenters. The molecule has 0 aromatic heterocycles. The van der Waals surface area contributed by atoms with Crippen LogP contribution in [0.2, 0.25) is 0 Å². The molecule has 3 nitrogen and oxygen atoms in total. The summed E-state index contributed by atoms with van der Waals surface area (Å²) in [7, 11) is 0. The van der Waals surface area contributed by atoms with Gasteiger partial charge in [0.15, 0.2) is 5.76 Å². The van der Waals surface area contributed by atoms with Crippen LogP contribution in [-0.4, -0.2) is 22.6 Å². The van der Waals surface area contributed by atoms with E-state index in [2.05, 4.69) is 26.0 Å². The van der Waals surface area contributed by atoms with E-state index >= 15 is 0 Å². The lowest BCUT2D eigenvalue weighted by Crippen LogP contribution is -2.61. The van der Waals surface area contributed by atoms with Gasteiger partial charge in [-0.2, -0.15) is 0 Å². The molecule has 0 amide bonds. The van der Waals surface area contributed by atoms with Gasteiger partial charge in [-0.1, -0.05) is 32.9 Å². The Morgan fingerprint density at radius 1 is 1.13 bits per heavy atom. The van der Waals surface area contributed by atoms with E-state index < -0.39 is 10.8 Å². The van der Waals surface area contributed by atoms with Crippen molar-refractivity contribution in [1.29, 1.82) is 0 Å². The van der Waals surface area contributed by atoms with Crippen molar-refractivity contribution in [1.82, 2.24) is 0 Å². The first-order valence-corrected chi connectivity index (χ1v) is 8.97. The van der Waals surface area contributed by atoms with E-state index in [1.54, 1.807) is 6.08 Å². The number of fused-ring (bicyclic) bond motifs is 3. The van der Waals surface area contributed by atoms with Gasteiger partial charge in [0, 0.05) is 10.8 Å². The molecule has 0 aromatic carbocycles. The van der Waals surface area contributed by atoms with Crippen molar-refractivity contribution in [2.45, 2.75) is 52.9 Å². The maximum absolute atomic E-state index is 13.1. The van der Waals surface area contributed by atoms with Crippen molar-refractivity contribution in [3.8, 4) is 0 Å². The number of carbonyl (C=O) groups excluding carboxylic acids is 1.